The molecular formula is C26H33FN4OS. The standard InChI is InChI=1S/C26H33FN4OS/c1-4-31-17-23(19(2)28-31)16-30-12-9-20(10-13-30)25(15-21-7-5-6-8-24(21)27)29(3)26(32)22-11-14-33-18-22/h5-8,11,14,17-18,20,25H,4,9-10,12-13,15-16H2,1-3H3. The van der Waals surface area contributed by atoms with Gasteiger partial charge in [0.25, 0.3) is 5.91 Å². The van der Waals surface area contributed by atoms with Gasteiger partial charge in [0.05, 0.1) is 11.3 Å². The summed E-state index contributed by atoms with van der Waals surface area (Å²) in [5.41, 5.74) is 3.76. The summed E-state index contributed by atoms with van der Waals surface area (Å²) in [5.74, 6) is 0.148. The fourth-order valence-electron chi connectivity index (χ4n) is 4.86. The molecule has 0 N–H and O–H groups in total. The number of aryl methyl sites for hydroxylation is 2. The van der Waals surface area contributed by atoms with Gasteiger partial charge in [-0.1, -0.05) is 18.2 Å². The van der Waals surface area contributed by atoms with Gasteiger partial charge in [-0.05, 0) is 75.2 Å². The highest BCUT2D eigenvalue weighted by molar-refractivity contribution is 7.08. The van der Waals surface area contributed by atoms with Crippen molar-refractivity contribution in [2.45, 2.75) is 52.2 Å². The molecule has 0 radical (unpaired) electrons. The van der Waals surface area contributed by atoms with Crippen molar-refractivity contribution in [2.24, 2.45) is 5.92 Å². The van der Waals surface area contributed by atoms with E-state index in [0.29, 0.717) is 23.5 Å². The Morgan fingerprint density at radius 3 is 2.64 bits per heavy atom. The lowest BCUT2D eigenvalue weighted by Crippen LogP contribution is -2.47. The summed E-state index contributed by atoms with van der Waals surface area (Å²) < 4.78 is 16.5. The van der Waals surface area contributed by atoms with E-state index < -0.39 is 0 Å². The number of halogens is 1. The molecule has 2 aromatic heterocycles. The molecule has 0 bridgehead atoms. The van der Waals surface area contributed by atoms with Gasteiger partial charge in [0.1, 0.15) is 5.82 Å². The van der Waals surface area contributed by atoms with Gasteiger partial charge in [-0.25, -0.2) is 4.39 Å². The van der Waals surface area contributed by atoms with Gasteiger partial charge in [-0.3, -0.25) is 14.4 Å². The number of piperidine rings is 1. The maximum absolute atomic E-state index is 14.5. The minimum Gasteiger partial charge on any atom is -0.338 e. The van der Waals surface area contributed by atoms with E-state index in [1.807, 2.05) is 45.6 Å². The first-order chi connectivity index (χ1) is 16.0. The van der Waals surface area contributed by atoms with E-state index in [2.05, 4.69) is 30.0 Å². The van der Waals surface area contributed by atoms with Crippen LogP contribution in [0.5, 0.6) is 0 Å². The monoisotopic (exact) mass is 468 g/mol. The molecule has 33 heavy (non-hydrogen) atoms. The van der Waals surface area contributed by atoms with Crippen LogP contribution in [0.25, 0.3) is 0 Å². The Balaban J connectivity index is 1.47. The van der Waals surface area contributed by atoms with E-state index in [1.165, 1.54) is 23.0 Å². The molecule has 3 heterocycles. The molecule has 1 unspecified atom stereocenters. The molecule has 176 valence electrons. The number of aromatic nitrogens is 2. The maximum Gasteiger partial charge on any atom is 0.254 e. The van der Waals surface area contributed by atoms with Crippen LogP contribution in [0.3, 0.4) is 0 Å². The van der Waals surface area contributed by atoms with Gasteiger partial charge in [0.15, 0.2) is 0 Å². The van der Waals surface area contributed by atoms with Crippen LogP contribution in [0, 0.1) is 18.7 Å². The van der Waals surface area contributed by atoms with E-state index in [4.69, 9.17) is 0 Å². The van der Waals surface area contributed by atoms with Gasteiger partial charge in [0.2, 0.25) is 0 Å². The van der Waals surface area contributed by atoms with Crippen molar-refractivity contribution in [3.8, 4) is 0 Å². The highest BCUT2D eigenvalue weighted by Gasteiger charge is 2.32. The largest absolute Gasteiger partial charge is 0.338 e. The topological polar surface area (TPSA) is 41.4 Å². The van der Waals surface area contributed by atoms with Crippen molar-refractivity contribution in [1.82, 2.24) is 19.6 Å². The second-order valence-electron chi connectivity index (χ2n) is 9.00. The second-order valence-corrected chi connectivity index (χ2v) is 9.78. The Hall–Kier alpha value is -2.51. The SMILES string of the molecule is CCn1cc(CN2CCC(C(Cc3ccccc3F)N(C)C(=O)c3ccsc3)CC2)c(C)n1. The van der Waals surface area contributed by atoms with Gasteiger partial charge >= 0.3 is 0 Å². The number of hydrogen-bond acceptors (Lipinski definition) is 4. The first kappa shape index (κ1) is 23.6. The zero-order chi connectivity index (χ0) is 23.4. The van der Waals surface area contributed by atoms with Gasteiger partial charge in [0, 0.05) is 43.3 Å². The van der Waals surface area contributed by atoms with Crippen LogP contribution >= 0.6 is 11.3 Å². The second kappa shape index (κ2) is 10.6. The number of benzene rings is 1. The molecule has 1 aliphatic heterocycles. The highest BCUT2D eigenvalue weighted by atomic mass is 32.1. The summed E-state index contributed by atoms with van der Waals surface area (Å²) in [7, 11) is 1.88. The molecule has 5 nitrogen and oxygen atoms in total. The van der Waals surface area contributed by atoms with E-state index in [9.17, 15) is 9.18 Å². The average Bonchev–Trinajstić information content (AvgIpc) is 3.48. The Labute approximate surface area is 199 Å². The molecule has 0 aliphatic carbocycles. The highest BCUT2D eigenvalue weighted by Crippen LogP contribution is 2.29. The molecule has 4 rings (SSSR count). The number of nitrogens with zero attached hydrogens (tertiary/aromatic N) is 4. The van der Waals surface area contributed by atoms with E-state index >= 15 is 0 Å². The van der Waals surface area contributed by atoms with Gasteiger partial charge in [-0.2, -0.15) is 16.4 Å². The minimum absolute atomic E-state index is 0.0163. The lowest BCUT2D eigenvalue weighted by molar-refractivity contribution is 0.0583. The van der Waals surface area contributed by atoms with Crippen LogP contribution in [0.15, 0.2) is 47.3 Å². The van der Waals surface area contributed by atoms with Crippen molar-refractivity contribution in [1.29, 1.82) is 0 Å². The molecule has 0 spiro atoms. The van der Waals surface area contributed by atoms with Gasteiger partial charge < -0.3 is 4.90 Å². The number of thiophene rings is 1. The summed E-state index contributed by atoms with van der Waals surface area (Å²) in [6.45, 7) is 7.89. The fraction of sp³-hybridized carbons (Fsp3) is 0.462. The summed E-state index contributed by atoms with van der Waals surface area (Å²) >= 11 is 1.52. The number of likely N-dealkylation sites (N-methyl/N-ethyl adjacent to an activating group) is 1. The van der Waals surface area contributed by atoms with Gasteiger partial charge in [-0.15, -0.1) is 0 Å². The van der Waals surface area contributed by atoms with Crippen LogP contribution in [0.1, 0.15) is 46.9 Å². The number of amides is 1. The molecule has 3 aromatic rings. The Kier molecular flexibility index (Phi) is 7.60. The third kappa shape index (κ3) is 5.53. The quantitative estimate of drug-likeness (QED) is 0.467. The Morgan fingerprint density at radius 2 is 2.00 bits per heavy atom. The average molecular weight is 469 g/mol. The molecule has 1 fully saturated rings. The first-order valence-electron chi connectivity index (χ1n) is 11.7. The summed E-state index contributed by atoms with van der Waals surface area (Å²) in [5, 5.41) is 8.39. The summed E-state index contributed by atoms with van der Waals surface area (Å²) in [6, 6.07) is 8.77. The van der Waals surface area contributed by atoms with E-state index in [1.54, 1.807) is 6.07 Å². The van der Waals surface area contributed by atoms with Crippen LogP contribution in [-0.2, 0) is 19.5 Å². The number of carbonyl (C=O) groups is 1. The third-order valence-electron chi connectivity index (χ3n) is 6.92. The Bertz CT molecular complexity index is 1060. The lowest BCUT2D eigenvalue weighted by Gasteiger charge is -2.40. The number of hydrogen-bond donors (Lipinski definition) is 0. The molecule has 1 atom stereocenters. The van der Waals surface area contributed by atoms with Crippen molar-refractivity contribution in [3.63, 3.8) is 0 Å². The Morgan fingerprint density at radius 1 is 1.24 bits per heavy atom. The van der Waals surface area contributed by atoms with Crippen LogP contribution < -0.4 is 0 Å². The van der Waals surface area contributed by atoms with E-state index in [-0.39, 0.29) is 17.8 Å². The summed E-state index contributed by atoms with van der Waals surface area (Å²) in [4.78, 5) is 17.5. The van der Waals surface area contributed by atoms with Crippen LogP contribution in [0.4, 0.5) is 4.39 Å². The minimum atomic E-state index is -0.195. The predicted molar refractivity (Wildman–Crippen MR) is 131 cm³/mol. The predicted octanol–water partition coefficient (Wildman–Crippen LogP) is 5.01. The molecule has 0 saturated carbocycles. The summed E-state index contributed by atoms with van der Waals surface area (Å²) in [6.07, 6.45) is 4.66. The number of likely N-dealkylation sites (tertiary alicyclic amines) is 1. The smallest absolute Gasteiger partial charge is 0.254 e. The van der Waals surface area contributed by atoms with Crippen molar-refractivity contribution < 1.29 is 9.18 Å². The first-order valence-corrected chi connectivity index (χ1v) is 12.7. The number of rotatable bonds is 8. The van der Waals surface area contributed by atoms with Crippen molar-refractivity contribution in [3.05, 3.63) is 75.5 Å². The molecular weight excluding hydrogens is 435 g/mol. The molecule has 7 heteroatoms. The zero-order valence-corrected chi connectivity index (χ0v) is 20.5. The molecule has 1 amide bonds. The maximum atomic E-state index is 14.5. The van der Waals surface area contributed by atoms with Crippen LogP contribution in [-0.4, -0.2) is 51.7 Å². The van der Waals surface area contributed by atoms with Crippen molar-refractivity contribution in [2.75, 3.05) is 20.1 Å². The fourth-order valence-corrected chi connectivity index (χ4v) is 5.49. The van der Waals surface area contributed by atoms with E-state index in [0.717, 1.165) is 44.7 Å². The molecule has 1 aliphatic rings. The zero-order valence-electron chi connectivity index (χ0n) is 19.7. The third-order valence-corrected chi connectivity index (χ3v) is 7.60. The lowest BCUT2D eigenvalue weighted by atomic mass is 9.84. The van der Waals surface area contributed by atoms with Crippen LogP contribution in [0.2, 0.25) is 0 Å². The molecule has 1 aromatic carbocycles. The van der Waals surface area contributed by atoms with Crippen molar-refractivity contribution >= 4 is 17.2 Å². The number of carbonyl (C=O) groups excluding carboxylic acids is 1. The normalized spacial score (nSPS) is 16.1. The molecule has 1 saturated heterocycles.